The number of hydrogen-bond donors (Lipinski definition) is 2. The highest BCUT2D eigenvalue weighted by molar-refractivity contribution is 7.89. The largest absolute Gasteiger partial charge is 0.507 e. The summed E-state index contributed by atoms with van der Waals surface area (Å²) in [5.74, 6) is -0.259. The minimum atomic E-state index is -3.70. The highest BCUT2D eigenvalue weighted by atomic mass is 32.2. The molecule has 7 heteroatoms. The number of aromatic hydroxyl groups is 1. The Bertz CT molecular complexity index is 664. The lowest BCUT2D eigenvalue weighted by Crippen LogP contribution is -2.27. The molecule has 0 bridgehead atoms. The Morgan fingerprint density at radius 1 is 1.37 bits per heavy atom. The van der Waals surface area contributed by atoms with Crippen molar-refractivity contribution in [1.82, 2.24) is 14.5 Å². The molecule has 1 aromatic carbocycles. The van der Waals surface area contributed by atoms with E-state index in [1.54, 1.807) is 23.0 Å². The summed E-state index contributed by atoms with van der Waals surface area (Å²) >= 11 is 0. The zero-order chi connectivity index (χ0) is 13.9. The second-order valence-electron chi connectivity index (χ2n) is 4.15. The lowest BCUT2D eigenvalue weighted by Gasteiger charge is -2.08. The Balaban J connectivity index is 2.01. The average Bonchev–Trinajstić information content (AvgIpc) is 2.75. The minimum absolute atomic E-state index is 0.119. The van der Waals surface area contributed by atoms with E-state index in [2.05, 4.69) is 9.82 Å². The summed E-state index contributed by atoms with van der Waals surface area (Å²) in [6, 6.07) is 5.83. The lowest BCUT2D eigenvalue weighted by molar-refractivity contribution is 0.457. The van der Waals surface area contributed by atoms with Crippen molar-refractivity contribution in [3.05, 3.63) is 42.2 Å². The molecule has 2 aromatic rings. The first-order valence-corrected chi connectivity index (χ1v) is 7.24. The molecule has 0 saturated carbocycles. The van der Waals surface area contributed by atoms with Crippen molar-refractivity contribution in [2.45, 2.75) is 18.4 Å². The smallest absolute Gasteiger partial charge is 0.244 e. The van der Waals surface area contributed by atoms with Gasteiger partial charge >= 0.3 is 0 Å². The molecule has 0 atom stereocenters. The number of rotatable bonds is 5. The van der Waals surface area contributed by atoms with Gasteiger partial charge in [0.2, 0.25) is 10.0 Å². The zero-order valence-electron chi connectivity index (χ0n) is 10.4. The SMILES string of the molecule is Cc1cnn(CCNS(=O)(=O)c2ccccc2O)c1. The number of aryl methyl sites for hydroxylation is 1. The fourth-order valence-corrected chi connectivity index (χ4v) is 2.76. The first-order valence-electron chi connectivity index (χ1n) is 5.76. The summed E-state index contributed by atoms with van der Waals surface area (Å²) < 4.78 is 28.0. The van der Waals surface area contributed by atoms with Gasteiger partial charge in [0.05, 0.1) is 12.7 Å². The van der Waals surface area contributed by atoms with Crippen molar-refractivity contribution in [2.24, 2.45) is 0 Å². The number of nitrogens with one attached hydrogen (secondary N) is 1. The molecule has 0 spiro atoms. The fourth-order valence-electron chi connectivity index (χ4n) is 1.65. The van der Waals surface area contributed by atoms with Crippen molar-refractivity contribution in [1.29, 1.82) is 0 Å². The third kappa shape index (κ3) is 3.33. The number of phenols is 1. The standard InChI is InChI=1S/C12H15N3O3S/c1-10-8-13-15(9-10)7-6-14-19(17,18)12-5-3-2-4-11(12)16/h2-5,8-9,14,16H,6-7H2,1H3. The van der Waals surface area contributed by atoms with Crippen LogP contribution in [0, 0.1) is 6.92 Å². The van der Waals surface area contributed by atoms with E-state index in [0.717, 1.165) is 5.56 Å². The van der Waals surface area contributed by atoms with Gasteiger partial charge in [0, 0.05) is 12.7 Å². The van der Waals surface area contributed by atoms with Crippen LogP contribution in [0.2, 0.25) is 0 Å². The van der Waals surface area contributed by atoms with Gasteiger partial charge in [-0.05, 0) is 24.6 Å². The predicted molar refractivity (Wildman–Crippen MR) is 70.3 cm³/mol. The quantitative estimate of drug-likeness (QED) is 0.852. The highest BCUT2D eigenvalue weighted by Crippen LogP contribution is 2.20. The molecule has 2 rings (SSSR count). The van der Waals surface area contributed by atoms with Gasteiger partial charge in [-0.2, -0.15) is 5.10 Å². The molecule has 2 N–H and O–H groups in total. The second-order valence-corrected chi connectivity index (χ2v) is 5.88. The van der Waals surface area contributed by atoms with E-state index in [1.165, 1.54) is 12.1 Å². The summed E-state index contributed by atoms with van der Waals surface area (Å²) in [5, 5.41) is 13.6. The Kier molecular flexibility index (Phi) is 3.87. The number of para-hydroxylation sites is 1. The maximum absolute atomic E-state index is 11.9. The zero-order valence-corrected chi connectivity index (χ0v) is 11.3. The van der Waals surface area contributed by atoms with Crippen LogP contribution >= 0.6 is 0 Å². The van der Waals surface area contributed by atoms with Crippen molar-refractivity contribution in [3.63, 3.8) is 0 Å². The summed E-state index contributed by atoms with van der Waals surface area (Å²) in [5.41, 5.74) is 1.02. The van der Waals surface area contributed by atoms with Gasteiger partial charge in [-0.25, -0.2) is 13.1 Å². The van der Waals surface area contributed by atoms with Gasteiger partial charge in [0.1, 0.15) is 10.6 Å². The summed E-state index contributed by atoms with van der Waals surface area (Å²) in [4.78, 5) is -0.119. The van der Waals surface area contributed by atoms with E-state index in [1.807, 2.05) is 13.1 Å². The number of nitrogens with zero attached hydrogens (tertiary/aromatic N) is 2. The van der Waals surface area contributed by atoms with Gasteiger partial charge in [-0.1, -0.05) is 12.1 Å². The van der Waals surface area contributed by atoms with Crippen LogP contribution in [-0.2, 0) is 16.6 Å². The van der Waals surface area contributed by atoms with E-state index in [-0.39, 0.29) is 17.2 Å². The molecule has 0 radical (unpaired) electrons. The molecule has 0 aliphatic rings. The Morgan fingerprint density at radius 3 is 2.74 bits per heavy atom. The van der Waals surface area contributed by atoms with Crippen LogP contribution in [-0.4, -0.2) is 29.8 Å². The number of benzene rings is 1. The van der Waals surface area contributed by atoms with Crippen LogP contribution in [0.4, 0.5) is 0 Å². The normalized spacial score (nSPS) is 11.6. The summed E-state index contributed by atoms with van der Waals surface area (Å²) in [6.07, 6.45) is 3.53. The van der Waals surface area contributed by atoms with Gasteiger partial charge in [-0.15, -0.1) is 0 Å². The topological polar surface area (TPSA) is 84.2 Å². The first kappa shape index (κ1) is 13.6. The molecular formula is C12H15N3O3S. The molecule has 6 nitrogen and oxygen atoms in total. The number of phenolic OH excluding ortho intramolecular Hbond substituents is 1. The monoisotopic (exact) mass is 281 g/mol. The molecule has 102 valence electrons. The number of hydrogen-bond acceptors (Lipinski definition) is 4. The van der Waals surface area contributed by atoms with Crippen molar-refractivity contribution in [2.75, 3.05) is 6.54 Å². The van der Waals surface area contributed by atoms with E-state index >= 15 is 0 Å². The van der Waals surface area contributed by atoms with E-state index in [0.29, 0.717) is 6.54 Å². The average molecular weight is 281 g/mol. The van der Waals surface area contributed by atoms with Gasteiger partial charge in [0.15, 0.2) is 0 Å². The summed E-state index contributed by atoms with van der Waals surface area (Å²) in [7, 11) is -3.70. The molecule has 1 heterocycles. The van der Waals surface area contributed by atoms with Crippen LogP contribution in [0.15, 0.2) is 41.6 Å². The van der Waals surface area contributed by atoms with Gasteiger partial charge < -0.3 is 5.11 Å². The van der Waals surface area contributed by atoms with Gasteiger partial charge in [-0.3, -0.25) is 4.68 Å². The van der Waals surface area contributed by atoms with Gasteiger partial charge in [0.25, 0.3) is 0 Å². The number of sulfonamides is 1. The third-order valence-electron chi connectivity index (χ3n) is 2.55. The molecular weight excluding hydrogens is 266 g/mol. The molecule has 19 heavy (non-hydrogen) atoms. The third-order valence-corrected chi connectivity index (χ3v) is 4.06. The molecule has 0 amide bonds. The molecule has 0 fully saturated rings. The van der Waals surface area contributed by atoms with E-state index < -0.39 is 10.0 Å². The molecule has 0 aliphatic carbocycles. The van der Waals surface area contributed by atoms with Crippen molar-refractivity contribution in [3.8, 4) is 5.75 Å². The molecule has 1 aromatic heterocycles. The molecule has 0 saturated heterocycles. The van der Waals surface area contributed by atoms with Crippen molar-refractivity contribution >= 4 is 10.0 Å². The van der Waals surface area contributed by atoms with Crippen molar-refractivity contribution < 1.29 is 13.5 Å². The second kappa shape index (κ2) is 5.41. The van der Waals surface area contributed by atoms with Crippen LogP contribution in [0.25, 0.3) is 0 Å². The molecule has 0 aliphatic heterocycles. The maximum atomic E-state index is 11.9. The minimum Gasteiger partial charge on any atom is -0.507 e. The van der Waals surface area contributed by atoms with E-state index in [4.69, 9.17) is 0 Å². The summed E-state index contributed by atoms with van der Waals surface area (Å²) in [6.45, 7) is 2.55. The Hall–Kier alpha value is -1.86. The predicted octanol–water partition coefficient (Wildman–Crippen LogP) is 0.876. The number of aromatic nitrogens is 2. The van der Waals surface area contributed by atoms with Crippen LogP contribution < -0.4 is 4.72 Å². The highest BCUT2D eigenvalue weighted by Gasteiger charge is 2.17. The van der Waals surface area contributed by atoms with Crippen LogP contribution in [0.1, 0.15) is 5.56 Å². The van der Waals surface area contributed by atoms with Crippen LogP contribution in [0.5, 0.6) is 5.75 Å². The maximum Gasteiger partial charge on any atom is 0.244 e. The first-order chi connectivity index (χ1) is 8.99. The lowest BCUT2D eigenvalue weighted by atomic mass is 10.3. The Morgan fingerprint density at radius 2 is 2.11 bits per heavy atom. The fraction of sp³-hybridized carbons (Fsp3) is 0.250. The van der Waals surface area contributed by atoms with E-state index in [9.17, 15) is 13.5 Å². The Labute approximate surface area is 111 Å². The van der Waals surface area contributed by atoms with Crippen LogP contribution in [0.3, 0.4) is 0 Å². The molecule has 0 unspecified atom stereocenters.